The number of esters is 2. The lowest BCUT2D eigenvalue weighted by Crippen LogP contribution is -2.45. The van der Waals surface area contributed by atoms with Crippen LogP contribution in [0.5, 0.6) is 5.75 Å². The summed E-state index contributed by atoms with van der Waals surface area (Å²) in [7, 11) is -4.68. The third kappa shape index (κ3) is 6.34. The number of benzene rings is 2. The van der Waals surface area contributed by atoms with E-state index in [-0.39, 0.29) is 43.0 Å². The molecule has 2 aliphatic rings. The maximum absolute atomic E-state index is 13.9. The van der Waals surface area contributed by atoms with Crippen LogP contribution in [0.25, 0.3) is 0 Å². The number of fused-ring (bicyclic) bond motifs is 1. The van der Waals surface area contributed by atoms with Crippen LogP contribution >= 0.6 is 0 Å². The minimum atomic E-state index is -5.12. The van der Waals surface area contributed by atoms with E-state index in [4.69, 9.17) is 14.2 Å². The molecule has 2 aromatic rings. The van der Waals surface area contributed by atoms with Crippen molar-refractivity contribution in [2.24, 2.45) is 11.8 Å². The molecule has 0 aromatic heterocycles. The van der Waals surface area contributed by atoms with Crippen molar-refractivity contribution in [3.63, 3.8) is 0 Å². The van der Waals surface area contributed by atoms with E-state index in [0.29, 0.717) is 18.1 Å². The van der Waals surface area contributed by atoms with Gasteiger partial charge in [0.25, 0.3) is 10.0 Å². The van der Waals surface area contributed by atoms with Gasteiger partial charge in [0.1, 0.15) is 23.3 Å². The number of ether oxygens (including phenoxy) is 3. The van der Waals surface area contributed by atoms with Gasteiger partial charge in [0.15, 0.2) is 0 Å². The minimum absolute atomic E-state index is 0.0106. The van der Waals surface area contributed by atoms with Gasteiger partial charge in [-0.2, -0.15) is 13.2 Å². The zero-order valence-electron chi connectivity index (χ0n) is 22.2. The van der Waals surface area contributed by atoms with Gasteiger partial charge in [0.2, 0.25) is 0 Å². The number of halogens is 4. The molecule has 1 aliphatic carbocycles. The Labute approximate surface area is 229 Å². The van der Waals surface area contributed by atoms with E-state index in [2.05, 4.69) is 0 Å². The number of nitrogens with zero attached hydrogens (tertiary/aromatic N) is 1. The van der Waals surface area contributed by atoms with Crippen LogP contribution < -0.4 is 9.04 Å². The number of alkyl halides is 3. The average molecular weight is 588 g/mol. The quantitative estimate of drug-likeness (QED) is 0.336. The summed E-state index contributed by atoms with van der Waals surface area (Å²) in [4.78, 5) is 23.8. The van der Waals surface area contributed by atoms with E-state index in [0.717, 1.165) is 10.4 Å². The second-order valence-corrected chi connectivity index (χ2v) is 12.5. The topological polar surface area (TPSA) is 99.2 Å². The van der Waals surface area contributed by atoms with Gasteiger partial charge in [0.05, 0.1) is 41.6 Å². The first-order valence-corrected chi connectivity index (χ1v) is 14.0. The molecular formula is C27H29F4NO7S. The Hall–Kier alpha value is -3.35. The van der Waals surface area contributed by atoms with Crippen LogP contribution in [0.3, 0.4) is 0 Å². The van der Waals surface area contributed by atoms with Crippen LogP contribution in [0.1, 0.15) is 45.2 Å². The van der Waals surface area contributed by atoms with Crippen molar-refractivity contribution in [3.8, 4) is 5.75 Å². The van der Waals surface area contributed by atoms with Crippen LogP contribution in [0.15, 0.2) is 41.3 Å². The van der Waals surface area contributed by atoms with Crippen LogP contribution in [0, 0.1) is 17.7 Å². The normalized spacial score (nSPS) is 20.8. The molecular weight excluding hydrogens is 558 g/mol. The molecule has 1 fully saturated rings. The number of carbonyl (C=O) groups is 2. The van der Waals surface area contributed by atoms with Gasteiger partial charge in [0, 0.05) is 5.92 Å². The molecule has 0 spiro atoms. The molecule has 2 aromatic carbocycles. The molecule has 40 heavy (non-hydrogen) atoms. The zero-order valence-corrected chi connectivity index (χ0v) is 23.1. The van der Waals surface area contributed by atoms with Gasteiger partial charge < -0.3 is 14.2 Å². The van der Waals surface area contributed by atoms with Crippen LogP contribution in [-0.4, -0.2) is 45.2 Å². The van der Waals surface area contributed by atoms with Gasteiger partial charge in [-0.1, -0.05) is 6.07 Å². The third-order valence-corrected chi connectivity index (χ3v) is 8.20. The Morgan fingerprint density at radius 3 is 2.42 bits per heavy atom. The summed E-state index contributed by atoms with van der Waals surface area (Å²) in [5, 5.41) is 0. The van der Waals surface area contributed by atoms with Gasteiger partial charge >= 0.3 is 18.1 Å². The number of rotatable bonds is 7. The molecule has 1 aliphatic heterocycles. The number of anilines is 1. The lowest BCUT2D eigenvalue weighted by Gasteiger charge is -2.36. The Kier molecular flexibility index (Phi) is 7.83. The number of sulfonamides is 1. The fourth-order valence-electron chi connectivity index (χ4n) is 4.58. The molecule has 1 saturated carbocycles. The fraction of sp³-hybridized carbons (Fsp3) is 0.481. The lowest BCUT2D eigenvalue weighted by atomic mass is 10.1. The summed E-state index contributed by atoms with van der Waals surface area (Å²) in [6, 6.07) is 5.84. The first-order valence-electron chi connectivity index (χ1n) is 12.6. The smallest absolute Gasteiger partial charge is 0.419 e. The zero-order chi connectivity index (χ0) is 29.6. The van der Waals surface area contributed by atoms with Crippen molar-refractivity contribution in [1.82, 2.24) is 0 Å². The molecule has 0 radical (unpaired) electrons. The van der Waals surface area contributed by atoms with Gasteiger partial charge in [-0.15, -0.1) is 0 Å². The average Bonchev–Trinajstić information content (AvgIpc) is 3.63. The summed E-state index contributed by atoms with van der Waals surface area (Å²) >= 11 is 0. The molecule has 0 bridgehead atoms. The first kappa shape index (κ1) is 29.6. The summed E-state index contributed by atoms with van der Waals surface area (Å²) in [5.41, 5.74) is -2.11. The minimum Gasteiger partial charge on any atom is -0.486 e. The molecule has 1 heterocycles. The van der Waals surface area contributed by atoms with Crippen molar-refractivity contribution < 1.29 is 49.8 Å². The Bertz CT molecular complexity index is 1420. The Morgan fingerprint density at radius 1 is 1.10 bits per heavy atom. The number of carbonyl (C=O) groups excluding carboxylic acids is 2. The highest BCUT2D eigenvalue weighted by molar-refractivity contribution is 7.92. The molecule has 3 atom stereocenters. The third-order valence-electron chi connectivity index (χ3n) is 6.42. The molecule has 0 amide bonds. The summed E-state index contributed by atoms with van der Waals surface area (Å²) in [6.07, 6.45) is -5.75. The Balaban J connectivity index is 1.73. The van der Waals surface area contributed by atoms with Crippen LogP contribution in [0.2, 0.25) is 0 Å². The molecule has 8 nitrogen and oxygen atoms in total. The Morgan fingerprint density at radius 2 is 1.80 bits per heavy atom. The predicted molar refractivity (Wildman–Crippen MR) is 135 cm³/mol. The summed E-state index contributed by atoms with van der Waals surface area (Å²) in [6.45, 7) is 6.58. The highest BCUT2D eigenvalue weighted by atomic mass is 32.2. The molecule has 218 valence electrons. The first-order chi connectivity index (χ1) is 18.5. The maximum atomic E-state index is 13.9. The number of hydrogen-bond donors (Lipinski definition) is 0. The molecule has 3 unspecified atom stereocenters. The van der Waals surface area contributed by atoms with Crippen molar-refractivity contribution in [2.45, 2.75) is 63.3 Å². The van der Waals surface area contributed by atoms with Crippen LogP contribution in [0.4, 0.5) is 23.2 Å². The summed E-state index contributed by atoms with van der Waals surface area (Å²) < 4.78 is 99.0. The van der Waals surface area contributed by atoms with Crippen LogP contribution in [-0.2, 0) is 41.7 Å². The van der Waals surface area contributed by atoms with E-state index >= 15 is 0 Å². The van der Waals surface area contributed by atoms with E-state index < -0.39 is 62.0 Å². The molecule has 13 heteroatoms. The predicted octanol–water partition coefficient (Wildman–Crippen LogP) is 4.88. The largest absolute Gasteiger partial charge is 0.486 e. The van der Waals surface area contributed by atoms with E-state index in [1.807, 2.05) is 0 Å². The van der Waals surface area contributed by atoms with Crippen molar-refractivity contribution in [1.29, 1.82) is 0 Å². The van der Waals surface area contributed by atoms with Gasteiger partial charge in [-0.25, -0.2) is 12.8 Å². The van der Waals surface area contributed by atoms with Crippen molar-refractivity contribution >= 4 is 27.6 Å². The van der Waals surface area contributed by atoms with E-state index in [1.54, 1.807) is 33.8 Å². The SMILES string of the molecule is CCOC(=O)C1CC1C1CN(S(=O)(=O)c2ccc(F)c(C(F)(F)F)c2)c2cc(CC(=O)OC(C)(C)C)ccc2O1. The molecule has 0 N–H and O–H groups in total. The summed E-state index contributed by atoms with van der Waals surface area (Å²) in [5.74, 6) is -3.42. The van der Waals surface area contributed by atoms with E-state index in [9.17, 15) is 35.6 Å². The highest BCUT2D eigenvalue weighted by Gasteiger charge is 2.52. The van der Waals surface area contributed by atoms with Gasteiger partial charge in [-0.05, 0) is 70.0 Å². The lowest BCUT2D eigenvalue weighted by molar-refractivity contribution is -0.154. The van der Waals surface area contributed by atoms with Crippen molar-refractivity contribution in [3.05, 3.63) is 53.3 Å². The second-order valence-electron chi connectivity index (χ2n) is 10.7. The standard InChI is InChI=1S/C27H29F4NO7S/c1-5-37-25(34)18-13-17(18)23-14-32(40(35,36)16-7-8-20(28)19(12-16)27(29,30)31)21-10-15(6-9-22(21)38-23)11-24(33)39-26(2,3)4/h6-10,12,17-18,23H,5,11,13-14H2,1-4H3. The van der Waals surface area contributed by atoms with Crippen molar-refractivity contribution in [2.75, 3.05) is 17.5 Å². The number of hydrogen-bond acceptors (Lipinski definition) is 7. The van der Waals surface area contributed by atoms with E-state index in [1.165, 1.54) is 12.1 Å². The fourth-order valence-corrected chi connectivity index (χ4v) is 6.09. The maximum Gasteiger partial charge on any atom is 0.419 e. The molecule has 4 rings (SSSR count). The molecule has 0 saturated heterocycles. The highest BCUT2D eigenvalue weighted by Crippen LogP contribution is 2.48. The second kappa shape index (κ2) is 10.6. The monoisotopic (exact) mass is 587 g/mol. The van der Waals surface area contributed by atoms with Gasteiger partial charge in [-0.3, -0.25) is 13.9 Å².